The van der Waals surface area contributed by atoms with E-state index >= 15 is 0 Å². The monoisotopic (exact) mass is 558 g/mol. The number of methoxy groups -OCH3 is 4. The van der Waals surface area contributed by atoms with Crippen LogP contribution in [0.3, 0.4) is 0 Å². The van der Waals surface area contributed by atoms with Gasteiger partial charge in [0.2, 0.25) is 17.6 Å². The van der Waals surface area contributed by atoms with Crippen LogP contribution in [0.15, 0.2) is 60.7 Å². The third-order valence-electron chi connectivity index (χ3n) is 6.80. The van der Waals surface area contributed by atoms with Crippen LogP contribution in [-0.4, -0.2) is 40.3 Å². The Balaban J connectivity index is 1.77. The highest BCUT2D eigenvalue weighted by Crippen LogP contribution is 2.46. The number of alkyl halides is 3. The van der Waals surface area contributed by atoms with Gasteiger partial charge in [-0.15, -0.1) is 0 Å². The van der Waals surface area contributed by atoms with Crippen molar-refractivity contribution in [2.75, 3.05) is 38.7 Å². The van der Waals surface area contributed by atoms with Crippen LogP contribution >= 0.6 is 0 Å². The molecule has 1 heterocycles. The molecular weight excluding hydrogens is 529 g/mol. The van der Waals surface area contributed by atoms with Crippen LogP contribution in [-0.2, 0) is 15.8 Å². The lowest BCUT2D eigenvalue weighted by atomic mass is 9.83. The molecule has 3 aromatic carbocycles. The zero-order chi connectivity index (χ0) is 29.0. The van der Waals surface area contributed by atoms with Crippen molar-refractivity contribution in [1.82, 2.24) is 0 Å². The summed E-state index contributed by atoms with van der Waals surface area (Å²) in [6, 6.07) is 13.7. The summed E-state index contributed by atoms with van der Waals surface area (Å²) in [4.78, 5) is 28.6. The molecule has 8 nitrogen and oxygen atoms in total. The van der Waals surface area contributed by atoms with Gasteiger partial charge in [0, 0.05) is 24.2 Å². The third-order valence-corrected chi connectivity index (χ3v) is 6.80. The third kappa shape index (κ3) is 5.78. The molecule has 40 heavy (non-hydrogen) atoms. The standard InChI is InChI=1S/C29H29F3N2O6/c1-37-21-11-5-17(6-12-21)26-22(28(36)33-19-9-7-18(8-10-19)29(30,31)32)13-14-25(35)34(26)20-15-23(38-2)27(40-4)24(16-20)39-3/h5-12,15-16,22,26H,13-14H2,1-4H3,(H,33,36)/t22-,26+/m0/s1. The molecule has 1 aliphatic heterocycles. The SMILES string of the molecule is COc1ccc([C@@H]2[C@@H](C(=O)Nc3ccc(C(F)(F)F)cc3)CCC(=O)N2c2cc(OC)c(OC)c(OC)c2)cc1. The number of benzene rings is 3. The lowest BCUT2D eigenvalue weighted by Crippen LogP contribution is -2.47. The zero-order valence-electron chi connectivity index (χ0n) is 22.4. The molecule has 0 saturated carbocycles. The molecule has 0 aliphatic carbocycles. The van der Waals surface area contributed by atoms with E-state index in [0.717, 1.165) is 12.1 Å². The van der Waals surface area contributed by atoms with E-state index in [2.05, 4.69) is 5.32 Å². The second-order valence-corrected chi connectivity index (χ2v) is 9.07. The van der Waals surface area contributed by atoms with E-state index in [1.54, 1.807) is 36.4 Å². The van der Waals surface area contributed by atoms with Crippen LogP contribution in [0.2, 0.25) is 0 Å². The number of anilines is 2. The van der Waals surface area contributed by atoms with Gasteiger partial charge in [-0.05, 0) is 48.4 Å². The first-order valence-corrected chi connectivity index (χ1v) is 12.4. The van der Waals surface area contributed by atoms with Gasteiger partial charge in [-0.25, -0.2) is 0 Å². The molecule has 0 bridgehead atoms. The summed E-state index contributed by atoms with van der Waals surface area (Å²) in [5.41, 5.74) is 0.476. The lowest BCUT2D eigenvalue weighted by Gasteiger charge is -2.41. The van der Waals surface area contributed by atoms with Crippen molar-refractivity contribution in [3.8, 4) is 23.0 Å². The summed E-state index contributed by atoms with van der Waals surface area (Å²) >= 11 is 0. The number of nitrogens with zero attached hydrogens (tertiary/aromatic N) is 1. The van der Waals surface area contributed by atoms with E-state index in [0.29, 0.717) is 34.2 Å². The van der Waals surface area contributed by atoms with Gasteiger partial charge >= 0.3 is 6.18 Å². The highest BCUT2D eigenvalue weighted by molar-refractivity contribution is 6.00. The average molecular weight is 559 g/mol. The number of carbonyl (C=O) groups excluding carboxylic acids is 2. The molecule has 0 spiro atoms. The fourth-order valence-corrected chi connectivity index (χ4v) is 4.84. The zero-order valence-corrected chi connectivity index (χ0v) is 22.4. The van der Waals surface area contributed by atoms with Crippen molar-refractivity contribution in [3.05, 3.63) is 71.8 Å². The normalized spacial score (nSPS) is 17.3. The maximum Gasteiger partial charge on any atom is 0.416 e. The van der Waals surface area contributed by atoms with Crippen molar-refractivity contribution in [2.45, 2.75) is 25.1 Å². The van der Waals surface area contributed by atoms with Crippen LogP contribution in [0.4, 0.5) is 24.5 Å². The number of hydrogen-bond donors (Lipinski definition) is 1. The number of halogens is 3. The minimum Gasteiger partial charge on any atom is -0.497 e. The number of piperidine rings is 1. The molecule has 4 rings (SSSR count). The molecule has 2 atom stereocenters. The molecule has 1 saturated heterocycles. The molecule has 0 aromatic heterocycles. The minimum atomic E-state index is -4.49. The lowest BCUT2D eigenvalue weighted by molar-refractivity contribution is -0.137. The topological polar surface area (TPSA) is 86.3 Å². The summed E-state index contributed by atoms with van der Waals surface area (Å²) in [7, 11) is 5.91. The summed E-state index contributed by atoms with van der Waals surface area (Å²) in [6.45, 7) is 0. The Morgan fingerprint density at radius 2 is 1.48 bits per heavy atom. The first-order valence-electron chi connectivity index (χ1n) is 12.4. The van der Waals surface area contributed by atoms with Crippen LogP contribution in [0.25, 0.3) is 0 Å². The maximum absolute atomic E-state index is 13.6. The highest BCUT2D eigenvalue weighted by Gasteiger charge is 2.42. The average Bonchev–Trinajstić information content (AvgIpc) is 2.95. The van der Waals surface area contributed by atoms with Crippen molar-refractivity contribution in [1.29, 1.82) is 0 Å². The molecule has 0 radical (unpaired) electrons. The molecule has 1 fully saturated rings. The number of hydrogen-bond acceptors (Lipinski definition) is 6. The van der Waals surface area contributed by atoms with Gasteiger partial charge in [-0.2, -0.15) is 13.2 Å². The number of amides is 2. The van der Waals surface area contributed by atoms with Gasteiger partial charge < -0.3 is 29.2 Å². The van der Waals surface area contributed by atoms with Crippen LogP contribution < -0.4 is 29.2 Å². The van der Waals surface area contributed by atoms with Crippen LogP contribution in [0.5, 0.6) is 23.0 Å². The van der Waals surface area contributed by atoms with Gasteiger partial charge in [0.25, 0.3) is 0 Å². The first-order chi connectivity index (χ1) is 19.1. The van der Waals surface area contributed by atoms with Crippen LogP contribution in [0, 0.1) is 5.92 Å². The summed E-state index contributed by atoms with van der Waals surface area (Å²) in [5.74, 6) is 0.183. The largest absolute Gasteiger partial charge is 0.497 e. The Labute approximate surface area is 229 Å². The molecule has 0 unspecified atom stereocenters. The molecular formula is C29H29F3N2O6. The second-order valence-electron chi connectivity index (χ2n) is 9.07. The number of ether oxygens (including phenoxy) is 4. The fraction of sp³-hybridized carbons (Fsp3) is 0.310. The summed E-state index contributed by atoms with van der Waals surface area (Å²) in [6.07, 6.45) is -4.20. The molecule has 1 aliphatic rings. The van der Waals surface area contributed by atoms with Gasteiger partial charge in [0.1, 0.15) is 5.75 Å². The van der Waals surface area contributed by atoms with Gasteiger partial charge in [-0.1, -0.05) is 12.1 Å². The Morgan fingerprint density at radius 1 is 0.875 bits per heavy atom. The van der Waals surface area contributed by atoms with E-state index in [4.69, 9.17) is 18.9 Å². The van der Waals surface area contributed by atoms with E-state index in [-0.39, 0.29) is 24.4 Å². The van der Waals surface area contributed by atoms with Gasteiger partial charge in [-0.3, -0.25) is 9.59 Å². The van der Waals surface area contributed by atoms with Gasteiger partial charge in [0.15, 0.2) is 11.5 Å². The van der Waals surface area contributed by atoms with E-state index in [9.17, 15) is 22.8 Å². The Bertz CT molecular complexity index is 1330. The number of rotatable bonds is 8. The number of nitrogens with one attached hydrogen (secondary N) is 1. The Hall–Kier alpha value is -4.41. The van der Waals surface area contributed by atoms with Crippen molar-refractivity contribution in [3.63, 3.8) is 0 Å². The van der Waals surface area contributed by atoms with Crippen LogP contribution in [0.1, 0.15) is 30.0 Å². The maximum atomic E-state index is 13.6. The molecule has 11 heteroatoms. The quantitative estimate of drug-likeness (QED) is 0.373. The van der Waals surface area contributed by atoms with E-state index < -0.39 is 29.6 Å². The van der Waals surface area contributed by atoms with Crippen molar-refractivity contribution >= 4 is 23.2 Å². The van der Waals surface area contributed by atoms with Gasteiger partial charge in [0.05, 0.1) is 51.6 Å². The Morgan fingerprint density at radius 3 is 1.98 bits per heavy atom. The van der Waals surface area contributed by atoms with E-state index in [1.165, 1.54) is 45.5 Å². The predicted molar refractivity (Wildman–Crippen MR) is 142 cm³/mol. The minimum absolute atomic E-state index is 0.0639. The highest BCUT2D eigenvalue weighted by atomic mass is 19.4. The number of carbonyl (C=O) groups is 2. The molecule has 1 N–H and O–H groups in total. The Kier molecular flexibility index (Phi) is 8.41. The smallest absolute Gasteiger partial charge is 0.416 e. The summed E-state index contributed by atoms with van der Waals surface area (Å²) < 4.78 is 60.7. The molecule has 3 aromatic rings. The fourth-order valence-electron chi connectivity index (χ4n) is 4.84. The molecule has 2 amide bonds. The molecule has 212 valence electrons. The van der Waals surface area contributed by atoms with E-state index in [1.807, 2.05) is 0 Å². The van der Waals surface area contributed by atoms with Crippen molar-refractivity contribution in [2.24, 2.45) is 5.92 Å². The summed E-state index contributed by atoms with van der Waals surface area (Å²) in [5, 5.41) is 2.72. The second kappa shape index (κ2) is 11.8. The van der Waals surface area contributed by atoms with Crippen molar-refractivity contribution < 1.29 is 41.7 Å². The first kappa shape index (κ1) is 28.6. The predicted octanol–water partition coefficient (Wildman–Crippen LogP) is 5.86.